The van der Waals surface area contributed by atoms with Gasteiger partial charge < -0.3 is 19.0 Å². The Morgan fingerprint density at radius 2 is 1.84 bits per heavy atom. The number of furan rings is 1. The Kier molecular flexibility index (Phi) is 4.86. The van der Waals surface area contributed by atoms with Gasteiger partial charge in [0, 0.05) is 11.3 Å². The number of rotatable bonds is 3. The lowest BCUT2D eigenvalue weighted by molar-refractivity contribution is -0.132. The van der Waals surface area contributed by atoms with Crippen molar-refractivity contribution in [2.24, 2.45) is 0 Å². The number of ketones is 1. The van der Waals surface area contributed by atoms with E-state index in [0.29, 0.717) is 24.7 Å². The average molecular weight is 456 g/mol. The van der Waals surface area contributed by atoms with Gasteiger partial charge in [-0.15, -0.1) is 0 Å². The van der Waals surface area contributed by atoms with Crippen LogP contribution in [0.1, 0.15) is 17.4 Å². The number of carbonyl (C=O) groups excluding carboxylic acids is 2. The van der Waals surface area contributed by atoms with Crippen molar-refractivity contribution in [3.05, 3.63) is 82.5 Å². The topological polar surface area (TPSA) is 89.2 Å². The van der Waals surface area contributed by atoms with Crippen molar-refractivity contribution in [3.63, 3.8) is 0 Å². The summed E-state index contributed by atoms with van der Waals surface area (Å²) >= 11 is 5.90. The molecule has 1 N–H and O–H groups in total. The number of Topliss-reactive ketones (excluding diaryl/α,β-unsaturated/α-hetero) is 1. The first-order valence-electron chi connectivity index (χ1n) is 9.65. The van der Waals surface area contributed by atoms with Crippen LogP contribution in [0.5, 0.6) is 11.5 Å². The molecule has 0 saturated carbocycles. The summed E-state index contributed by atoms with van der Waals surface area (Å²) < 4.78 is 30.2. The first-order chi connectivity index (χ1) is 15.5. The van der Waals surface area contributed by atoms with Crippen molar-refractivity contribution < 1.29 is 33.0 Å². The highest BCUT2D eigenvalue weighted by atomic mass is 35.5. The number of fused-ring (bicyclic) bond motifs is 1. The summed E-state index contributed by atoms with van der Waals surface area (Å²) in [6.07, 6.45) is 1.39. The van der Waals surface area contributed by atoms with Crippen LogP contribution >= 0.6 is 11.6 Å². The molecule has 1 aromatic heterocycles. The Balaban J connectivity index is 1.67. The third kappa shape index (κ3) is 3.20. The normalized spacial score (nSPS) is 19.4. The number of nitrogens with zero attached hydrogens (tertiary/aromatic N) is 1. The van der Waals surface area contributed by atoms with E-state index in [0.717, 1.165) is 11.0 Å². The van der Waals surface area contributed by atoms with E-state index in [1.165, 1.54) is 24.5 Å². The van der Waals surface area contributed by atoms with Gasteiger partial charge in [0.05, 0.1) is 16.9 Å². The van der Waals surface area contributed by atoms with Crippen molar-refractivity contribution in [2.45, 2.75) is 6.04 Å². The molecule has 1 atom stereocenters. The zero-order valence-electron chi connectivity index (χ0n) is 16.4. The number of ether oxygens (including phenoxy) is 2. The maximum absolute atomic E-state index is 13.7. The molecule has 1 amide bonds. The van der Waals surface area contributed by atoms with Crippen LogP contribution < -0.4 is 14.4 Å². The standard InChI is InChI=1S/C23H15ClFNO6/c24-14-11-13(4-5-15(14)25)26-20(17-2-1-7-30-17)19(22(28)23(26)29)21(27)12-3-6-16-18(10-12)32-9-8-31-16/h1-7,10-11,20,27H,8-9H2/b21-19-. The number of halogens is 2. The minimum absolute atomic E-state index is 0.179. The number of anilines is 1. The highest BCUT2D eigenvalue weighted by molar-refractivity contribution is 6.51. The number of amides is 1. The van der Waals surface area contributed by atoms with Gasteiger partial charge in [-0.25, -0.2) is 4.39 Å². The van der Waals surface area contributed by atoms with Crippen molar-refractivity contribution in [2.75, 3.05) is 18.1 Å². The Hall–Kier alpha value is -3.78. The summed E-state index contributed by atoms with van der Waals surface area (Å²) in [7, 11) is 0. The SMILES string of the molecule is O=C1C(=O)N(c2ccc(F)c(Cl)c2)C(c2ccco2)/C1=C(/O)c1ccc2c(c1)OCCO2. The van der Waals surface area contributed by atoms with Gasteiger partial charge in [-0.2, -0.15) is 0 Å². The number of hydrogen-bond donors (Lipinski definition) is 1. The molecule has 2 aliphatic rings. The highest BCUT2D eigenvalue weighted by Gasteiger charge is 2.48. The zero-order valence-corrected chi connectivity index (χ0v) is 17.1. The Morgan fingerprint density at radius 1 is 1.06 bits per heavy atom. The van der Waals surface area contributed by atoms with Crippen molar-refractivity contribution in [1.82, 2.24) is 0 Å². The molecule has 0 bridgehead atoms. The van der Waals surface area contributed by atoms with Crippen LogP contribution in [0, 0.1) is 5.82 Å². The molecule has 5 rings (SSSR count). The van der Waals surface area contributed by atoms with Gasteiger partial charge in [-0.3, -0.25) is 14.5 Å². The molecule has 1 unspecified atom stereocenters. The molecule has 7 nitrogen and oxygen atoms in total. The minimum Gasteiger partial charge on any atom is -0.507 e. The van der Waals surface area contributed by atoms with E-state index in [1.807, 2.05) is 0 Å². The second kappa shape index (κ2) is 7.72. The summed E-state index contributed by atoms with van der Waals surface area (Å²) in [6, 6.07) is 10.4. The smallest absolute Gasteiger partial charge is 0.300 e. The summed E-state index contributed by atoms with van der Waals surface area (Å²) in [6.45, 7) is 0.751. The van der Waals surface area contributed by atoms with Gasteiger partial charge >= 0.3 is 0 Å². The third-order valence-electron chi connectivity index (χ3n) is 5.25. The highest BCUT2D eigenvalue weighted by Crippen LogP contribution is 2.43. The largest absolute Gasteiger partial charge is 0.507 e. The number of benzene rings is 2. The molecule has 0 aliphatic carbocycles. The van der Waals surface area contributed by atoms with E-state index in [9.17, 15) is 19.1 Å². The zero-order chi connectivity index (χ0) is 22.4. The van der Waals surface area contributed by atoms with Crippen LogP contribution in [-0.4, -0.2) is 30.0 Å². The average Bonchev–Trinajstić information content (AvgIpc) is 3.42. The van der Waals surface area contributed by atoms with Crippen LogP contribution in [-0.2, 0) is 9.59 Å². The molecule has 2 aliphatic heterocycles. The summed E-state index contributed by atoms with van der Waals surface area (Å²) in [5, 5.41) is 10.9. The van der Waals surface area contributed by atoms with Gasteiger partial charge in [0.25, 0.3) is 11.7 Å². The summed E-state index contributed by atoms with van der Waals surface area (Å²) in [4.78, 5) is 27.2. The monoisotopic (exact) mass is 455 g/mol. The fourth-order valence-electron chi connectivity index (χ4n) is 3.80. The Labute approximate surface area is 186 Å². The molecule has 0 spiro atoms. The number of aliphatic hydroxyl groups is 1. The first kappa shape index (κ1) is 20.1. The number of carbonyl (C=O) groups is 2. The second-order valence-corrected chi connectivity index (χ2v) is 7.55. The van der Waals surface area contributed by atoms with Crippen molar-refractivity contribution in [3.8, 4) is 11.5 Å². The lowest BCUT2D eigenvalue weighted by Gasteiger charge is -2.24. The van der Waals surface area contributed by atoms with E-state index in [1.54, 1.807) is 24.3 Å². The number of aliphatic hydroxyl groups excluding tert-OH is 1. The molecule has 3 aromatic rings. The molecule has 9 heteroatoms. The van der Waals surface area contributed by atoms with Crippen LogP contribution in [0.4, 0.5) is 10.1 Å². The van der Waals surface area contributed by atoms with E-state index < -0.39 is 29.3 Å². The molecule has 2 aromatic carbocycles. The van der Waals surface area contributed by atoms with E-state index in [2.05, 4.69) is 0 Å². The Bertz CT molecular complexity index is 1270. The molecule has 162 valence electrons. The van der Waals surface area contributed by atoms with Crippen LogP contribution in [0.3, 0.4) is 0 Å². The van der Waals surface area contributed by atoms with Gasteiger partial charge in [0.15, 0.2) is 11.5 Å². The predicted octanol–water partition coefficient (Wildman–Crippen LogP) is 4.47. The van der Waals surface area contributed by atoms with Crippen LogP contribution in [0.25, 0.3) is 5.76 Å². The summed E-state index contributed by atoms with van der Waals surface area (Å²) in [5.74, 6) is -1.74. The maximum Gasteiger partial charge on any atom is 0.300 e. The number of hydrogen-bond acceptors (Lipinski definition) is 6. The molecule has 1 saturated heterocycles. The van der Waals surface area contributed by atoms with Crippen molar-refractivity contribution >= 4 is 34.7 Å². The minimum atomic E-state index is -1.08. The van der Waals surface area contributed by atoms with E-state index in [4.69, 9.17) is 25.5 Å². The quantitative estimate of drug-likeness (QED) is 0.356. The van der Waals surface area contributed by atoms with Gasteiger partial charge in [0.1, 0.15) is 36.6 Å². The van der Waals surface area contributed by atoms with Gasteiger partial charge in [-0.1, -0.05) is 11.6 Å². The lowest BCUT2D eigenvalue weighted by Crippen LogP contribution is -2.29. The van der Waals surface area contributed by atoms with Gasteiger partial charge in [-0.05, 0) is 48.5 Å². The third-order valence-corrected chi connectivity index (χ3v) is 5.54. The maximum atomic E-state index is 13.7. The van der Waals surface area contributed by atoms with Gasteiger partial charge in [0.2, 0.25) is 0 Å². The van der Waals surface area contributed by atoms with Crippen LogP contribution in [0.15, 0.2) is 64.8 Å². The van der Waals surface area contributed by atoms with Crippen molar-refractivity contribution in [1.29, 1.82) is 0 Å². The fourth-order valence-corrected chi connectivity index (χ4v) is 3.97. The van der Waals surface area contributed by atoms with Crippen LogP contribution in [0.2, 0.25) is 5.02 Å². The molecule has 1 fully saturated rings. The fraction of sp³-hybridized carbons (Fsp3) is 0.130. The van der Waals surface area contributed by atoms with E-state index >= 15 is 0 Å². The molecule has 3 heterocycles. The molecule has 0 radical (unpaired) electrons. The second-order valence-electron chi connectivity index (χ2n) is 7.14. The molecular formula is C23H15ClFNO6. The first-order valence-corrected chi connectivity index (χ1v) is 10.0. The lowest BCUT2D eigenvalue weighted by atomic mass is 9.99. The van der Waals surface area contributed by atoms with E-state index in [-0.39, 0.29) is 27.6 Å². The molecule has 32 heavy (non-hydrogen) atoms. The predicted molar refractivity (Wildman–Crippen MR) is 112 cm³/mol. The Morgan fingerprint density at radius 3 is 2.56 bits per heavy atom. The summed E-state index contributed by atoms with van der Waals surface area (Å²) in [5.41, 5.74) is 0.268. The molecular weight excluding hydrogens is 441 g/mol.